The van der Waals surface area contributed by atoms with Gasteiger partial charge in [-0.05, 0) is 44.0 Å². The number of amides is 3. The first-order valence-electron chi connectivity index (χ1n) is 8.48. The molecule has 2 heterocycles. The van der Waals surface area contributed by atoms with Crippen molar-refractivity contribution >= 4 is 23.3 Å². The van der Waals surface area contributed by atoms with E-state index in [1.54, 1.807) is 12.1 Å². The van der Waals surface area contributed by atoms with Gasteiger partial charge in [-0.3, -0.25) is 9.48 Å². The second-order valence-electron chi connectivity index (χ2n) is 6.28. The van der Waals surface area contributed by atoms with E-state index in [0.29, 0.717) is 18.7 Å². The van der Waals surface area contributed by atoms with E-state index in [2.05, 4.69) is 28.0 Å². The van der Waals surface area contributed by atoms with Crippen LogP contribution < -0.4 is 16.0 Å². The lowest BCUT2D eigenvalue weighted by Crippen LogP contribution is -2.28. The Morgan fingerprint density at radius 1 is 1.36 bits per heavy atom. The number of aryl methyl sites for hydroxylation is 2. The van der Waals surface area contributed by atoms with E-state index in [9.17, 15) is 9.59 Å². The summed E-state index contributed by atoms with van der Waals surface area (Å²) in [6, 6.07) is 5.13. The standard InChI is InChI=1S/C18H23N5O2/c1-4-7-23-12(3)15(11(2)22-23)10-19-18(25)20-14-5-6-16-13(8-14)9-17(24)21-16/h5-6,8H,4,7,9-10H2,1-3H3,(H,21,24)(H2,19,20,25). The van der Waals surface area contributed by atoms with Gasteiger partial charge in [0.05, 0.1) is 12.1 Å². The minimum Gasteiger partial charge on any atom is -0.334 e. The molecule has 0 aliphatic carbocycles. The number of nitrogens with zero attached hydrogens (tertiary/aromatic N) is 2. The summed E-state index contributed by atoms with van der Waals surface area (Å²) in [5.74, 6) is -0.0216. The Kier molecular flexibility index (Phi) is 4.74. The fourth-order valence-electron chi connectivity index (χ4n) is 3.07. The van der Waals surface area contributed by atoms with Crippen molar-refractivity contribution in [2.24, 2.45) is 0 Å². The van der Waals surface area contributed by atoms with Gasteiger partial charge in [0.15, 0.2) is 0 Å². The molecule has 0 unspecified atom stereocenters. The van der Waals surface area contributed by atoms with E-state index in [1.807, 2.05) is 24.6 Å². The molecule has 3 rings (SSSR count). The Hall–Kier alpha value is -2.83. The smallest absolute Gasteiger partial charge is 0.319 e. The molecule has 132 valence electrons. The van der Waals surface area contributed by atoms with Gasteiger partial charge in [-0.1, -0.05) is 6.92 Å². The first-order chi connectivity index (χ1) is 12.0. The van der Waals surface area contributed by atoms with Crippen molar-refractivity contribution in [3.8, 4) is 0 Å². The Morgan fingerprint density at radius 2 is 2.16 bits per heavy atom. The second kappa shape index (κ2) is 6.96. The number of aromatic nitrogens is 2. The maximum absolute atomic E-state index is 12.2. The van der Waals surface area contributed by atoms with Gasteiger partial charge < -0.3 is 16.0 Å². The molecular formula is C18H23N5O2. The summed E-state index contributed by atoms with van der Waals surface area (Å²) >= 11 is 0. The molecule has 0 saturated heterocycles. The Bertz CT molecular complexity index is 825. The molecule has 0 spiro atoms. The van der Waals surface area contributed by atoms with E-state index in [-0.39, 0.29) is 11.9 Å². The van der Waals surface area contributed by atoms with Gasteiger partial charge in [-0.15, -0.1) is 0 Å². The first kappa shape index (κ1) is 17.0. The molecule has 0 atom stereocenters. The van der Waals surface area contributed by atoms with Crippen LogP contribution in [-0.4, -0.2) is 21.7 Å². The Labute approximate surface area is 146 Å². The van der Waals surface area contributed by atoms with E-state index < -0.39 is 0 Å². The number of carbonyl (C=O) groups excluding carboxylic acids is 2. The normalized spacial score (nSPS) is 12.7. The highest BCUT2D eigenvalue weighted by molar-refractivity contribution is 6.00. The van der Waals surface area contributed by atoms with Crippen LogP contribution in [0, 0.1) is 13.8 Å². The van der Waals surface area contributed by atoms with E-state index in [1.165, 1.54) is 0 Å². The highest BCUT2D eigenvalue weighted by Crippen LogP contribution is 2.25. The number of hydrogen-bond acceptors (Lipinski definition) is 3. The van der Waals surface area contributed by atoms with Crippen molar-refractivity contribution in [2.75, 3.05) is 10.6 Å². The molecule has 0 bridgehead atoms. The minimum absolute atomic E-state index is 0.0216. The van der Waals surface area contributed by atoms with Crippen molar-refractivity contribution in [3.05, 3.63) is 40.7 Å². The van der Waals surface area contributed by atoms with Crippen LogP contribution in [0.15, 0.2) is 18.2 Å². The summed E-state index contributed by atoms with van der Waals surface area (Å²) in [5, 5.41) is 13.0. The molecule has 3 amide bonds. The van der Waals surface area contributed by atoms with Crippen molar-refractivity contribution < 1.29 is 9.59 Å². The summed E-state index contributed by atoms with van der Waals surface area (Å²) in [6.45, 7) is 7.40. The number of benzene rings is 1. The summed E-state index contributed by atoms with van der Waals surface area (Å²) in [5.41, 5.74) is 5.45. The zero-order chi connectivity index (χ0) is 18.0. The zero-order valence-corrected chi connectivity index (χ0v) is 14.8. The van der Waals surface area contributed by atoms with Gasteiger partial charge in [-0.25, -0.2) is 4.79 Å². The van der Waals surface area contributed by atoms with Crippen molar-refractivity contribution in [2.45, 2.75) is 46.7 Å². The van der Waals surface area contributed by atoms with Crippen LogP contribution in [-0.2, 0) is 24.3 Å². The van der Waals surface area contributed by atoms with E-state index in [0.717, 1.165) is 41.2 Å². The average Bonchev–Trinajstić information content (AvgIpc) is 3.05. The molecule has 7 nitrogen and oxygen atoms in total. The number of hydrogen-bond donors (Lipinski definition) is 3. The predicted octanol–water partition coefficient (Wildman–Crippen LogP) is 2.73. The fraction of sp³-hybridized carbons (Fsp3) is 0.389. The highest BCUT2D eigenvalue weighted by Gasteiger charge is 2.18. The Morgan fingerprint density at radius 3 is 2.92 bits per heavy atom. The van der Waals surface area contributed by atoms with Crippen molar-refractivity contribution in [1.82, 2.24) is 15.1 Å². The largest absolute Gasteiger partial charge is 0.334 e. The molecule has 0 radical (unpaired) electrons. The molecule has 1 aliphatic rings. The molecule has 1 aliphatic heterocycles. The number of nitrogens with one attached hydrogen (secondary N) is 3. The van der Waals surface area contributed by atoms with Crippen LogP contribution >= 0.6 is 0 Å². The van der Waals surface area contributed by atoms with Gasteiger partial charge in [-0.2, -0.15) is 5.10 Å². The minimum atomic E-state index is -0.278. The summed E-state index contributed by atoms with van der Waals surface area (Å²) in [6.07, 6.45) is 1.37. The number of carbonyl (C=O) groups is 2. The molecule has 0 saturated carbocycles. The third kappa shape index (κ3) is 3.65. The van der Waals surface area contributed by atoms with Crippen LogP contribution in [0.25, 0.3) is 0 Å². The van der Waals surface area contributed by atoms with Crippen LogP contribution in [0.3, 0.4) is 0 Å². The third-order valence-corrected chi connectivity index (χ3v) is 4.38. The molecule has 3 N–H and O–H groups in total. The number of rotatable bonds is 5. The maximum Gasteiger partial charge on any atom is 0.319 e. The van der Waals surface area contributed by atoms with Crippen LogP contribution in [0.4, 0.5) is 16.2 Å². The predicted molar refractivity (Wildman–Crippen MR) is 96.6 cm³/mol. The average molecular weight is 341 g/mol. The fourth-order valence-corrected chi connectivity index (χ4v) is 3.07. The molecule has 0 fully saturated rings. The van der Waals surface area contributed by atoms with Crippen LogP contribution in [0.2, 0.25) is 0 Å². The summed E-state index contributed by atoms with van der Waals surface area (Å²) in [4.78, 5) is 23.6. The van der Waals surface area contributed by atoms with Crippen molar-refractivity contribution in [3.63, 3.8) is 0 Å². The van der Waals surface area contributed by atoms with Crippen LogP contribution in [0.1, 0.15) is 35.9 Å². The second-order valence-corrected chi connectivity index (χ2v) is 6.28. The molecule has 1 aromatic carbocycles. The SMILES string of the molecule is CCCn1nc(C)c(CNC(=O)Nc2ccc3c(c2)CC(=O)N3)c1C. The van der Waals surface area contributed by atoms with E-state index in [4.69, 9.17) is 0 Å². The molecule has 1 aromatic heterocycles. The molecule has 25 heavy (non-hydrogen) atoms. The highest BCUT2D eigenvalue weighted by atomic mass is 16.2. The van der Waals surface area contributed by atoms with E-state index >= 15 is 0 Å². The lowest BCUT2D eigenvalue weighted by molar-refractivity contribution is -0.115. The lowest BCUT2D eigenvalue weighted by Gasteiger charge is -2.09. The van der Waals surface area contributed by atoms with Gasteiger partial charge in [0, 0.05) is 35.7 Å². The molecule has 7 heteroatoms. The van der Waals surface area contributed by atoms with Gasteiger partial charge in [0.2, 0.25) is 5.91 Å². The summed E-state index contributed by atoms with van der Waals surface area (Å²) < 4.78 is 1.98. The third-order valence-electron chi connectivity index (χ3n) is 4.38. The van der Waals surface area contributed by atoms with Gasteiger partial charge >= 0.3 is 6.03 Å². The zero-order valence-electron chi connectivity index (χ0n) is 14.8. The van der Waals surface area contributed by atoms with Gasteiger partial charge in [0.25, 0.3) is 0 Å². The first-order valence-corrected chi connectivity index (χ1v) is 8.48. The maximum atomic E-state index is 12.2. The number of fused-ring (bicyclic) bond motifs is 1. The Balaban J connectivity index is 1.61. The summed E-state index contributed by atoms with van der Waals surface area (Å²) in [7, 11) is 0. The number of urea groups is 1. The topological polar surface area (TPSA) is 88.1 Å². The number of anilines is 2. The van der Waals surface area contributed by atoms with Gasteiger partial charge in [0.1, 0.15) is 0 Å². The molecule has 2 aromatic rings. The molecular weight excluding hydrogens is 318 g/mol. The van der Waals surface area contributed by atoms with Crippen LogP contribution in [0.5, 0.6) is 0 Å². The quantitative estimate of drug-likeness (QED) is 0.781. The monoisotopic (exact) mass is 341 g/mol. The van der Waals surface area contributed by atoms with Crippen molar-refractivity contribution in [1.29, 1.82) is 0 Å². The lowest BCUT2D eigenvalue weighted by atomic mass is 10.1.